The van der Waals surface area contributed by atoms with Crippen LogP contribution in [-0.2, 0) is 11.3 Å². The predicted molar refractivity (Wildman–Crippen MR) is 94.0 cm³/mol. The molecular formula is C16H16Br2O5. The summed E-state index contributed by atoms with van der Waals surface area (Å²) in [7, 11) is 0. The molecule has 2 rings (SSSR count). The fourth-order valence-electron chi connectivity index (χ4n) is 2.28. The molecule has 0 saturated carbocycles. The monoisotopic (exact) mass is 446 g/mol. The Morgan fingerprint density at radius 1 is 1.00 bits per heavy atom. The summed E-state index contributed by atoms with van der Waals surface area (Å²) in [6.45, 7) is 4.24. The zero-order valence-electron chi connectivity index (χ0n) is 12.5. The Balaban J connectivity index is 2.79. The topological polar surface area (TPSA) is 90.2 Å². The second-order valence-electron chi connectivity index (χ2n) is 4.95. The Labute approximate surface area is 150 Å². The SMILES string of the molecule is CCOCc1c(C)c(O)c(O)c(Br)c1-c1cc(O)c(O)c(Br)c1. The van der Waals surface area contributed by atoms with Gasteiger partial charge in [-0.15, -0.1) is 0 Å². The summed E-state index contributed by atoms with van der Waals surface area (Å²) in [6.07, 6.45) is 0. The number of ether oxygens (including phenoxy) is 1. The number of benzene rings is 2. The van der Waals surface area contributed by atoms with E-state index >= 15 is 0 Å². The molecule has 0 aliphatic heterocycles. The lowest BCUT2D eigenvalue weighted by atomic mass is 9.94. The maximum absolute atomic E-state index is 10.1. The van der Waals surface area contributed by atoms with E-state index < -0.39 is 0 Å². The molecule has 5 nitrogen and oxygen atoms in total. The van der Waals surface area contributed by atoms with E-state index in [0.717, 1.165) is 0 Å². The highest BCUT2D eigenvalue weighted by Crippen LogP contribution is 2.48. The van der Waals surface area contributed by atoms with Crippen LogP contribution >= 0.6 is 31.9 Å². The van der Waals surface area contributed by atoms with Crippen LogP contribution in [0.25, 0.3) is 11.1 Å². The van der Waals surface area contributed by atoms with Gasteiger partial charge in [0, 0.05) is 17.7 Å². The molecule has 0 radical (unpaired) electrons. The summed E-state index contributed by atoms with van der Waals surface area (Å²) in [6, 6.07) is 2.99. The third-order valence-corrected chi connectivity index (χ3v) is 4.92. The zero-order chi connectivity index (χ0) is 17.3. The molecule has 0 aromatic heterocycles. The van der Waals surface area contributed by atoms with Gasteiger partial charge in [0.15, 0.2) is 23.0 Å². The molecule has 0 unspecified atom stereocenters. The quantitative estimate of drug-likeness (QED) is 0.516. The maximum atomic E-state index is 10.1. The van der Waals surface area contributed by atoms with Crippen LogP contribution in [0.15, 0.2) is 21.1 Å². The van der Waals surface area contributed by atoms with E-state index in [9.17, 15) is 20.4 Å². The molecule has 7 heteroatoms. The van der Waals surface area contributed by atoms with Gasteiger partial charge in [-0.05, 0) is 69.0 Å². The minimum atomic E-state index is -0.297. The minimum absolute atomic E-state index is 0.225. The fraction of sp³-hybridized carbons (Fsp3) is 0.250. The molecule has 0 fully saturated rings. The van der Waals surface area contributed by atoms with E-state index in [1.165, 1.54) is 6.07 Å². The van der Waals surface area contributed by atoms with Gasteiger partial charge in [-0.1, -0.05) is 0 Å². The summed E-state index contributed by atoms with van der Waals surface area (Å²) < 4.78 is 6.06. The first-order valence-electron chi connectivity index (χ1n) is 6.82. The van der Waals surface area contributed by atoms with Crippen molar-refractivity contribution in [3.63, 3.8) is 0 Å². The van der Waals surface area contributed by atoms with Crippen molar-refractivity contribution in [3.05, 3.63) is 32.2 Å². The lowest BCUT2D eigenvalue weighted by Gasteiger charge is -2.18. The van der Waals surface area contributed by atoms with E-state index in [4.69, 9.17) is 4.74 Å². The molecule has 0 atom stereocenters. The largest absolute Gasteiger partial charge is 0.504 e. The number of hydrogen-bond acceptors (Lipinski definition) is 5. The normalized spacial score (nSPS) is 11.0. The van der Waals surface area contributed by atoms with Crippen molar-refractivity contribution < 1.29 is 25.2 Å². The molecule has 0 bridgehead atoms. The van der Waals surface area contributed by atoms with Gasteiger partial charge in [0.2, 0.25) is 0 Å². The van der Waals surface area contributed by atoms with E-state index in [-0.39, 0.29) is 34.1 Å². The Morgan fingerprint density at radius 2 is 1.65 bits per heavy atom. The molecule has 124 valence electrons. The van der Waals surface area contributed by atoms with Crippen LogP contribution < -0.4 is 0 Å². The summed E-state index contributed by atoms with van der Waals surface area (Å²) in [5.41, 5.74) is 2.28. The highest BCUT2D eigenvalue weighted by molar-refractivity contribution is 9.11. The maximum Gasteiger partial charge on any atom is 0.172 e. The first kappa shape index (κ1) is 17.9. The van der Waals surface area contributed by atoms with Crippen molar-refractivity contribution in [2.45, 2.75) is 20.5 Å². The van der Waals surface area contributed by atoms with Gasteiger partial charge in [-0.25, -0.2) is 0 Å². The molecule has 0 aliphatic rings. The van der Waals surface area contributed by atoms with Gasteiger partial charge in [0.05, 0.1) is 15.6 Å². The van der Waals surface area contributed by atoms with Crippen molar-refractivity contribution in [1.82, 2.24) is 0 Å². The van der Waals surface area contributed by atoms with Crippen LogP contribution in [0.3, 0.4) is 0 Å². The van der Waals surface area contributed by atoms with Crippen LogP contribution in [0.4, 0.5) is 0 Å². The highest BCUT2D eigenvalue weighted by atomic mass is 79.9. The Morgan fingerprint density at radius 3 is 2.22 bits per heavy atom. The van der Waals surface area contributed by atoms with E-state index in [1.54, 1.807) is 13.0 Å². The van der Waals surface area contributed by atoms with Crippen molar-refractivity contribution >= 4 is 31.9 Å². The summed E-state index contributed by atoms with van der Waals surface area (Å²) in [4.78, 5) is 0. The second-order valence-corrected chi connectivity index (χ2v) is 6.60. The van der Waals surface area contributed by atoms with Crippen molar-refractivity contribution in [2.75, 3.05) is 6.61 Å². The van der Waals surface area contributed by atoms with Gasteiger partial charge in [0.25, 0.3) is 0 Å². The van der Waals surface area contributed by atoms with Crippen LogP contribution in [0.1, 0.15) is 18.1 Å². The molecule has 0 spiro atoms. The summed E-state index contributed by atoms with van der Waals surface area (Å²) in [5.74, 6) is -1.08. The number of phenolic OH excluding ortho intramolecular Hbond substituents is 4. The third-order valence-electron chi connectivity index (χ3n) is 3.54. The van der Waals surface area contributed by atoms with Crippen molar-refractivity contribution in [1.29, 1.82) is 0 Å². The van der Waals surface area contributed by atoms with Gasteiger partial charge >= 0.3 is 0 Å². The Kier molecular flexibility index (Phi) is 5.44. The van der Waals surface area contributed by atoms with Crippen LogP contribution in [0.5, 0.6) is 23.0 Å². The van der Waals surface area contributed by atoms with Gasteiger partial charge in [-0.3, -0.25) is 0 Å². The van der Waals surface area contributed by atoms with Gasteiger partial charge < -0.3 is 25.2 Å². The molecule has 23 heavy (non-hydrogen) atoms. The molecular weight excluding hydrogens is 432 g/mol. The van der Waals surface area contributed by atoms with Crippen LogP contribution in [-0.4, -0.2) is 27.0 Å². The average Bonchev–Trinajstić information content (AvgIpc) is 2.52. The summed E-state index contributed by atoms with van der Waals surface area (Å²) in [5, 5.41) is 39.7. The van der Waals surface area contributed by atoms with Gasteiger partial charge in [0.1, 0.15) is 0 Å². The number of halogens is 2. The first-order chi connectivity index (χ1) is 10.8. The van der Waals surface area contributed by atoms with E-state index in [1.807, 2.05) is 6.92 Å². The summed E-state index contributed by atoms with van der Waals surface area (Å²) >= 11 is 6.47. The molecule has 0 heterocycles. The van der Waals surface area contributed by atoms with Crippen LogP contribution in [0.2, 0.25) is 0 Å². The average molecular weight is 448 g/mol. The molecule has 2 aromatic rings. The Bertz CT molecular complexity index is 736. The lowest BCUT2D eigenvalue weighted by Crippen LogP contribution is -2.00. The molecule has 0 aliphatic carbocycles. The number of phenols is 4. The molecule has 0 amide bonds. The standard InChI is InChI=1S/C16H16Br2O5/c1-3-23-6-9-7(2)14(20)16(22)13(18)12(9)8-4-10(17)15(21)11(19)5-8/h4-5,19-22H,3,6H2,1-2H3. The first-order valence-corrected chi connectivity index (χ1v) is 8.40. The Hall–Kier alpha value is -1.44. The fourth-order valence-corrected chi connectivity index (χ4v) is 3.38. The third kappa shape index (κ3) is 3.27. The minimum Gasteiger partial charge on any atom is -0.504 e. The predicted octanol–water partition coefficient (Wildman–Crippen LogP) is 4.55. The van der Waals surface area contributed by atoms with E-state index in [2.05, 4.69) is 31.9 Å². The van der Waals surface area contributed by atoms with Crippen molar-refractivity contribution in [3.8, 4) is 34.1 Å². The van der Waals surface area contributed by atoms with Crippen LogP contribution in [0, 0.1) is 6.92 Å². The molecule has 4 N–H and O–H groups in total. The number of aromatic hydroxyl groups is 4. The highest BCUT2D eigenvalue weighted by Gasteiger charge is 2.22. The smallest absolute Gasteiger partial charge is 0.172 e. The van der Waals surface area contributed by atoms with E-state index in [0.29, 0.717) is 33.3 Å². The zero-order valence-corrected chi connectivity index (χ0v) is 15.7. The second kappa shape index (κ2) is 6.98. The lowest BCUT2D eigenvalue weighted by molar-refractivity contribution is 0.133. The number of hydrogen-bond donors (Lipinski definition) is 4. The van der Waals surface area contributed by atoms with Gasteiger partial charge in [-0.2, -0.15) is 0 Å². The molecule has 0 saturated heterocycles. The van der Waals surface area contributed by atoms with Crippen molar-refractivity contribution in [2.24, 2.45) is 0 Å². The molecule has 2 aromatic carbocycles. The number of rotatable bonds is 4.